The number of hydrogen-bond donors (Lipinski definition) is 1. The van der Waals surface area contributed by atoms with E-state index in [9.17, 15) is 5.26 Å². The van der Waals surface area contributed by atoms with Crippen molar-refractivity contribution in [3.05, 3.63) is 35.5 Å². The number of fused-ring (bicyclic) bond motifs is 2. The third-order valence-corrected chi connectivity index (χ3v) is 6.60. The maximum absolute atomic E-state index is 10.3. The molecule has 2 aromatic heterocycles. The highest BCUT2D eigenvalue weighted by molar-refractivity contribution is 5.97. The van der Waals surface area contributed by atoms with Crippen molar-refractivity contribution in [2.45, 2.75) is 37.4 Å². The molecular weight excluding hydrogens is 384 g/mol. The van der Waals surface area contributed by atoms with Gasteiger partial charge in [-0.2, -0.15) is 10.4 Å². The van der Waals surface area contributed by atoms with Crippen LogP contribution in [0, 0.1) is 23.2 Å². The van der Waals surface area contributed by atoms with E-state index in [0.29, 0.717) is 30.1 Å². The first-order chi connectivity index (χ1) is 14.8. The maximum Gasteiger partial charge on any atom is 0.176 e. The largest absolute Gasteiger partial charge is 0.347 e. The van der Waals surface area contributed by atoms with E-state index in [4.69, 9.17) is 19.1 Å². The van der Waals surface area contributed by atoms with Crippen LogP contribution in [0.3, 0.4) is 0 Å². The number of ether oxygens (including phenoxy) is 2. The van der Waals surface area contributed by atoms with E-state index in [1.165, 1.54) is 0 Å². The van der Waals surface area contributed by atoms with Crippen LogP contribution >= 0.6 is 0 Å². The number of H-pyrrole nitrogens is 1. The molecule has 2 aliphatic heterocycles. The van der Waals surface area contributed by atoms with Crippen LogP contribution in [0.15, 0.2) is 34.0 Å². The molecule has 6 rings (SSSR count). The van der Waals surface area contributed by atoms with Crippen molar-refractivity contribution in [2.24, 2.45) is 16.8 Å². The van der Waals surface area contributed by atoms with E-state index in [-0.39, 0.29) is 11.8 Å². The molecule has 1 aromatic carbocycles. The van der Waals surface area contributed by atoms with Crippen molar-refractivity contribution in [3.63, 3.8) is 0 Å². The van der Waals surface area contributed by atoms with Gasteiger partial charge in [0.2, 0.25) is 0 Å². The van der Waals surface area contributed by atoms with Gasteiger partial charge in [-0.25, -0.2) is 9.62 Å². The number of aliphatic imine (C=N–C) groups is 1. The van der Waals surface area contributed by atoms with E-state index < -0.39 is 11.7 Å². The summed E-state index contributed by atoms with van der Waals surface area (Å²) in [6.45, 7) is 1.15. The summed E-state index contributed by atoms with van der Waals surface area (Å²) in [6, 6.07) is 8.26. The van der Waals surface area contributed by atoms with Gasteiger partial charge in [0, 0.05) is 23.6 Å². The molecule has 3 unspecified atom stereocenters. The van der Waals surface area contributed by atoms with Crippen molar-refractivity contribution >= 4 is 22.6 Å². The fourth-order valence-corrected chi connectivity index (χ4v) is 5.32. The van der Waals surface area contributed by atoms with Crippen LogP contribution in [-0.2, 0) is 9.47 Å². The Labute approximate surface area is 172 Å². The number of nitrogens with one attached hydrogen (secondary N) is 1. The van der Waals surface area contributed by atoms with Crippen molar-refractivity contribution in [3.8, 4) is 6.07 Å². The van der Waals surface area contributed by atoms with E-state index in [1.54, 1.807) is 6.20 Å². The van der Waals surface area contributed by atoms with Gasteiger partial charge in [0.25, 0.3) is 0 Å². The monoisotopic (exact) mass is 404 g/mol. The lowest BCUT2D eigenvalue weighted by atomic mass is 9.69. The molecule has 1 aliphatic carbocycles. The zero-order chi connectivity index (χ0) is 20.1. The van der Waals surface area contributed by atoms with E-state index in [2.05, 4.69) is 26.6 Å². The highest BCUT2D eigenvalue weighted by Gasteiger charge is 2.52. The molecule has 9 heteroatoms. The minimum Gasteiger partial charge on any atom is -0.347 e. The Morgan fingerprint density at radius 1 is 1.13 bits per heavy atom. The van der Waals surface area contributed by atoms with Crippen molar-refractivity contribution in [2.75, 3.05) is 13.2 Å². The molecule has 30 heavy (non-hydrogen) atoms. The first kappa shape index (κ1) is 17.7. The molecule has 0 amide bonds. The number of rotatable bonds is 2. The van der Waals surface area contributed by atoms with Crippen molar-refractivity contribution < 1.29 is 14.1 Å². The molecule has 0 bridgehead atoms. The minimum atomic E-state index is -0.685. The smallest absolute Gasteiger partial charge is 0.176 e. The number of aromatic amines is 1. The summed E-state index contributed by atoms with van der Waals surface area (Å²) in [4.78, 5) is 4.90. The molecule has 1 N–H and O–H groups in total. The summed E-state index contributed by atoms with van der Waals surface area (Å²) in [7, 11) is 0. The average molecular weight is 404 g/mol. The Morgan fingerprint density at radius 2 is 2.03 bits per heavy atom. The summed E-state index contributed by atoms with van der Waals surface area (Å²) in [6.07, 6.45) is 5.54. The van der Waals surface area contributed by atoms with Crippen LogP contribution in [0.2, 0.25) is 0 Å². The van der Waals surface area contributed by atoms with Crippen molar-refractivity contribution in [1.29, 1.82) is 5.26 Å². The van der Waals surface area contributed by atoms with E-state index in [1.807, 2.05) is 18.2 Å². The lowest BCUT2D eigenvalue weighted by molar-refractivity contribution is -0.196. The summed E-state index contributed by atoms with van der Waals surface area (Å²) in [5.41, 5.74) is 3.87. The molecular formula is C21H20N6O3. The normalized spacial score (nSPS) is 27.7. The van der Waals surface area contributed by atoms with Gasteiger partial charge in [-0.15, -0.1) is 0 Å². The third kappa shape index (κ3) is 2.47. The van der Waals surface area contributed by atoms with E-state index >= 15 is 0 Å². The standard InChI is InChI=1S/C21H20N6O3/c22-10-13-17(12-4-3-6-16-19(12)27-30-26-16)14-11-23-25-20(14)24-18(13)15-5-1-2-7-21(15)28-8-9-29-21/h3-4,6,11,13,15,17H,1-2,5,7-9H2,(H,23,25). The van der Waals surface area contributed by atoms with Crippen LogP contribution in [-0.4, -0.2) is 45.2 Å². The van der Waals surface area contributed by atoms with Gasteiger partial charge < -0.3 is 9.47 Å². The second-order valence-electron chi connectivity index (χ2n) is 8.08. The molecule has 3 aromatic rings. The number of nitriles is 1. The predicted octanol–water partition coefficient (Wildman–Crippen LogP) is 3.24. The summed E-state index contributed by atoms with van der Waals surface area (Å²) in [5, 5.41) is 25.6. The van der Waals surface area contributed by atoms with Crippen LogP contribution in [0.25, 0.3) is 11.0 Å². The number of nitrogens with zero attached hydrogens (tertiary/aromatic N) is 5. The summed E-state index contributed by atoms with van der Waals surface area (Å²) < 4.78 is 17.2. The van der Waals surface area contributed by atoms with Crippen LogP contribution in [0.1, 0.15) is 42.7 Å². The average Bonchev–Trinajstić information content (AvgIpc) is 3.53. The van der Waals surface area contributed by atoms with Gasteiger partial charge in [0.05, 0.1) is 37.3 Å². The highest BCUT2D eigenvalue weighted by atomic mass is 16.7. The van der Waals surface area contributed by atoms with Crippen LogP contribution < -0.4 is 0 Å². The molecule has 152 valence electrons. The molecule has 0 radical (unpaired) electrons. The second-order valence-corrected chi connectivity index (χ2v) is 8.08. The molecule has 2 fully saturated rings. The van der Waals surface area contributed by atoms with E-state index in [0.717, 1.165) is 42.5 Å². The minimum absolute atomic E-state index is 0.0769. The quantitative estimate of drug-likeness (QED) is 0.695. The van der Waals surface area contributed by atoms with Gasteiger partial charge >= 0.3 is 0 Å². The number of benzene rings is 1. The highest BCUT2D eigenvalue weighted by Crippen LogP contribution is 2.49. The van der Waals surface area contributed by atoms with Gasteiger partial charge in [-0.05, 0) is 34.8 Å². The summed E-state index contributed by atoms with van der Waals surface area (Å²) in [5.74, 6) is -0.867. The van der Waals surface area contributed by atoms with Gasteiger partial charge in [-0.3, -0.25) is 5.10 Å². The maximum atomic E-state index is 10.3. The van der Waals surface area contributed by atoms with Gasteiger partial charge in [-0.1, -0.05) is 18.6 Å². The molecule has 1 spiro atoms. The first-order valence-electron chi connectivity index (χ1n) is 10.3. The lowest BCUT2D eigenvalue weighted by Crippen LogP contribution is -2.48. The van der Waals surface area contributed by atoms with Crippen LogP contribution in [0.5, 0.6) is 0 Å². The van der Waals surface area contributed by atoms with Crippen LogP contribution in [0.4, 0.5) is 5.82 Å². The molecule has 9 nitrogen and oxygen atoms in total. The Hall–Kier alpha value is -3.09. The van der Waals surface area contributed by atoms with Gasteiger partial charge in [0.1, 0.15) is 11.0 Å². The topological polar surface area (TPSA) is 122 Å². The Kier molecular flexibility index (Phi) is 3.97. The fourth-order valence-electron chi connectivity index (χ4n) is 5.32. The fraction of sp³-hybridized carbons (Fsp3) is 0.476. The zero-order valence-electron chi connectivity index (χ0n) is 16.2. The molecule has 4 heterocycles. The van der Waals surface area contributed by atoms with Gasteiger partial charge in [0.15, 0.2) is 11.6 Å². The molecule has 1 saturated heterocycles. The molecule has 3 atom stereocenters. The molecule has 3 aliphatic rings. The zero-order valence-corrected chi connectivity index (χ0v) is 16.2. The second kappa shape index (κ2) is 6.72. The Balaban J connectivity index is 1.52. The third-order valence-electron chi connectivity index (χ3n) is 6.60. The number of hydrogen-bond acceptors (Lipinski definition) is 8. The predicted molar refractivity (Wildman–Crippen MR) is 105 cm³/mol. The number of aromatic nitrogens is 4. The first-order valence-corrected chi connectivity index (χ1v) is 10.3. The molecule has 1 saturated carbocycles. The Bertz CT molecular complexity index is 1170. The SMILES string of the molecule is N#CC1C(C2CCCCC23OCCO3)=Nc2[nH]ncc2C1c1cccc2nonc12. The summed E-state index contributed by atoms with van der Waals surface area (Å²) >= 11 is 0. The lowest BCUT2D eigenvalue weighted by Gasteiger charge is -2.42. The van der Waals surface area contributed by atoms with Crippen molar-refractivity contribution in [1.82, 2.24) is 20.5 Å². The Morgan fingerprint density at radius 3 is 2.90 bits per heavy atom.